The number of aliphatic carboxylic acids is 1. The number of hydrogen-bond donors (Lipinski definition) is 2. The molecule has 10 heavy (non-hydrogen) atoms. The molecule has 0 aromatic carbocycles. The maximum atomic E-state index is 10.7. The summed E-state index contributed by atoms with van der Waals surface area (Å²) in [6.45, 7) is 0.621. The van der Waals surface area contributed by atoms with Crippen molar-refractivity contribution >= 4 is 11.8 Å². The Morgan fingerprint density at radius 3 is 2.80 bits per heavy atom. The molecule has 1 aliphatic rings. The third-order valence-electron chi connectivity index (χ3n) is 1.64. The Morgan fingerprint density at radius 1 is 1.70 bits per heavy atom. The largest absolute Gasteiger partial charge is 0.477 e. The molecule has 0 bridgehead atoms. The van der Waals surface area contributed by atoms with Crippen molar-refractivity contribution < 1.29 is 20.0 Å². The molecular formula is C6H10NO3+. The fourth-order valence-electron chi connectivity index (χ4n) is 1.06. The summed E-state index contributed by atoms with van der Waals surface area (Å²) in [5, 5.41) is 10.2. The lowest BCUT2D eigenvalue weighted by molar-refractivity contribution is -0.680. The van der Waals surface area contributed by atoms with Crippen LogP contribution in [-0.4, -0.2) is 29.4 Å². The molecule has 1 atom stereocenters. The van der Waals surface area contributed by atoms with Crippen LogP contribution in [0.4, 0.5) is 0 Å². The molecule has 4 heteroatoms. The molecule has 1 unspecified atom stereocenters. The maximum absolute atomic E-state index is 10.7. The quantitative estimate of drug-likeness (QED) is 0.464. The molecule has 1 rings (SSSR count). The van der Waals surface area contributed by atoms with E-state index in [0.717, 1.165) is 0 Å². The van der Waals surface area contributed by atoms with Gasteiger partial charge in [-0.05, 0) is 0 Å². The summed E-state index contributed by atoms with van der Waals surface area (Å²) in [4.78, 5) is 21.0. The van der Waals surface area contributed by atoms with Gasteiger partial charge in [-0.2, -0.15) is 0 Å². The fourth-order valence-corrected chi connectivity index (χ4v) is 1.06. The van der Waals surface area contributed by atoms with Gasteiger partial charge in [0.1, 0.15) is 5.78 Å². The molecule has 0 aliphatic carbocycles. The average molecular weight is 144 g/mol. The standard InChI is InChI=1S/C6H9NO3/c8-4-1-2-7-5(3-4)6(9)10/h5,7H,1-3H2,(H,9,10)/p+1. The van der Waals surface area contributed by atoms with E-state index in [1.807, 2.05) is 0 Å². The van der Waals surface area contributed by atoms with Gasteiger partial charge < -0.3 is 10.4 Å². The van der Waals surface area contributed by atoms with Gasteiger partial charge in [0.25, 0.3) is 0 Å². The van der Waals surface area contributed by atoms with Crippen LogP contribution < -0.4 is 5.32 Å². The zero-order chi connectivity index (χ0) is 7.56. The number of carbonyl (C=O) groups excluding carboxylic acids is 1. The Balaban J connectivity index is 2.47. The zero-order valence-corrected chi connectivity index (χ0v) is 5.54. The first-order valence-corrected chi connectivity index (χ1v) is 3.28. The smallest absolute Gasteiger partial charge is 0.362 e. The minimum absolute atomic E-state index is 0.0647. The van der Waals surface area contributed by atoms with E-state index in [4.69, 9.17) is 5.11 Å². The highest BCUT2D eigenvalue weighted by Gasteiger charge is 2.28. The van der Waals surface area contributed by atoms with Crippen molar-refractivity contribution in [1.29, 1.82) is 0 Å². The van der Waals surface area contributed by atoms with Crippen molar-refractivity contribution in [2.45, 2.75) is 18.9 Å². The van der Waals surface area contributed by atoms with Crippen molar-refractivity contribution in [1.82, 2.24) is 0 Å². The van der Waals surface area contributed by atoms with E-state index < -0.39 is 12.0 Å². The van der Waals surface area contributed by atoms with Crippen LogP contribution in [0.2, 0.25) is 0 Å². The number of carboxylic acids is 1. The zero-order valence-electron chi connectivity index (χ0n) is 5.54. The van der Waals surface area contributed by atoms with Gasteiger partial charge >= 0.3 is 5.97 Å². The van der Waals surface area contributed by atoms with Crippen LogP contribution >= 0.6 is 0 Å². The van der Waals surface area contributed by atoms with Crippen LogP contribution in [0.15, 0.2) is 0 Å². The Hall–Kier alpha value is -0.900. The minimum atomic E-state index is -0.881. The van der Waals surface area contributed by atoms with E-state index >= 15 is 0 Å². The van der Waals surface area contributed by atoms with Gasteiger partial charge in [0.15, 0.2) is 6.04 Å². The lowest BCUT2D eigenvalue weighted by atomic mass is 10.0. The summed E-state index contributed by atoms with van der Waals surface area (Å²) in [5.74, 6) is -0.817. The number of piperidine rings is 1. The SMILES string of the molecule is O=C1CC[NH2+]C(C(=O)O)C1. The number of ketones is 1. The first-order chi connectivity index (χ1) is 4.70. The van der Waals surface area contributed by atoms with Crippen LogP contribution in [0, 0.1) is 0 Å². The Morgan fingerprint density at radius 2 is 2.40 bits per heavy atom. The van der Waals surface area contributed by atoms with E-state index in [0.29, 0.717) is 13.0 Å². The van der Waals surface area contributed by atoms with Gasteiger partial charge in [-0.15, -0.1) is 0 Å². The molecule has 0 aromatic rings. The molecular weight excluding hydrogens is 134 g/mol. The molecule has 56 valence electrons. The highest BCUT2D eigenvalue weighted by molar-refractivity contribution is 5.85. The summed E-state index contributed by atoms with van der Waals surface area (Å²) < 4.78 is 0. The fraction of sp³-hybridized carbons (Fsp3) is 0.667. The molecule has 1 fully saturated rings. The Kier molecular flexibility index (Phi) is 2.01. The molecule has 1 saturated heterocycles. The second kappa shape index (κ2) is 2.79. The molecule has 0 spiro atoms. The van der Waals surface area contributed by atoms with Gasteiger partial charge in [-0.1, -0.05) is 0 Å². The Bertz CT molecular complexity index is 164. The number of nitrogens with two attached hydrogens (primary N) is 1. The third kappa shape index (κ3) is 1.54. The summed E-state index contributed by atoms with van der Waals surface area (Å²) in [5.41, 5.74) is 0. The number of Topliss-reactive ketones (excluding diaryl/α,β-unsaturated/α-hetero) is 1. The van der Waals surface area contributed by atoms with E-state index in [1.165, 1.54) is 0 Å². The normalized spacial score (nSPS) is 26.4. The monoisotopic (exact) mass is 144 g/mol. The lowest BCUT2D eigenvalue weighted by Crippen LogP contribution is -2.94. The van der Waals surface area contributed by atoms with Crippen molar-refractivity contribution in [3.63, 3.8) is 0 Å². The van der Waals surface area contributed by atoms with Gasteiger partial charge in [-0.3, -0.25) is 4.79 Å². The molecule has 1 aliphatic heterocycles. The predicted octanol–water partition coefficient (Wildman–Crippen LogP) is -1.63. The predicted molar refractivity (Wildman–Crippen MR) is 32.5 cm³/mol. The highest BCUT2D eigenvalue weighted by Crippen LogP contribution is 1.96. The molecule has 1 heterocycles. The number of quaternary nitrogens is 1. The van der Waals surface area contributed by atoms with Crippen molar-refractivity contribution in [3.8, 4) is 0 Å². The van der Waals surface area contributed by atoms with Gasteiger partial charge in [0.05, 0.1) is 19.4 Å². The summed E-state index contributed by atoms with van der Waals surface area (Å²) in [6, 6.07) is -0.527. The lowest BCUT2D eigenvalue weighted by Gasteiger charge is -2.14. The van der Waals surface area contributed by atoms with Crippen LogP contribution in [0.1, 0.15) is 12.8 Å². The van der Waals surface area contributed by atoms with Crippen LogP contribution in [-0.2, 0) is 9.59 Å². The summed E-state index contributed by atoms with van der Waals surface area (Å²) >= 11 is 0. The van der Waals surface area contributed by atoms with Gasteiger partial charge in [0.2, 0.25) is 0 Å². The first-order valence-electron chi connectivity index (χ1n) is 3.28. The van der Waals surface area contributed by atoms with Crippen molar-refractivity contribution in [3.05, 3.63) is 0 Å². The third-order valence-corrected chi connectivity index (χ3v) is 1.64. The van der Waals surface area contributed by atoms with Crippen LogP contribution in [0.3, 0.4) is 0 Å². The number of carboxylic acid groups (broad SMARTS) is 1. The highest BCUT2D eigenvalue weighted by atomic mass is 16.4. The molecule has 3 N–H and O–H groups in total. The van der Waals surface area contributed by atoms with E-state index in [1.54, 1.807) is 5.32 Å². The molecule has 0 radical (unpaired) electrons. The number of carbonyl (C=O) groups is 2. The van der Waals surface area contributed by atoms with E-state index in [-0.39, 0.29) is 12.2 Å². The van der Waals surface area contributed by atoms with Crippen molar-refractivity contribution in [2.24, 2.45) is 0 Å². The van der Waals surface area contributed by atoms with Crippen LogP contribution in [0.5, 0.6) is 0 Å². The molecule has 4 nitrogen and oxygen atoms in total. The van der Waals surface area contributed by atoms with E-state index in [2.05, 4.69) is 0 Å². The summed E-state index contributed by atoms with van der Waals surface area (Å²) in [7, 11) is 0. The second-order valence-electron chi connectivity index (χ2n) is 2.46. The minimum Gasteiger partial charge on any atom is -0.477 e. The average Bonchev–Trinajstić information content (AvgIpc) is 1.88. The molecule has 0 aromatic heterocycles. The first kappa shape index (κ1) is 7.21. The van der Waals surface area contributed by atoms with Gasteiger partial charge in [-0.25, -0.2) is 4.79 Å². The number of hydrogen-bond acceptors (Lipinski definition) is 2. The Labute approximate surface area is 58.2 Å². The topological polar surface area (TPSA) is 71.0 Å². The molecule has 0 amide bonds. The molecule has 0 saturated carbocycles. The van der Waals surface area contributed by atoms with Crippen molar-refractivity contribution in [2.75, 3.05) is 6.54 Å². The number of rotatable bonds is 1. The second-order valence-corrected chi connectivity index (χ2v) is 2.46. The van der Waals surface area contributed by atoms with Gasteiger partial charge in [0, 0.05) is 0 Å². The maximum Gasteiger partial charge on any atom is 0.362 e. The van der Waals surface area contributed by atoms with Crippen LogP contribution in [0.25, 0.3) is 0 Å². The summed E-state index contributed by atoms with van der Waals surface area (Å²) in [6.07, 6.45) is 0.707. The van der Waals surface area contributed by atoms with E-state index in [9.17, 15) is 9.59 Å².